The molecular weight excluding hydrogens is 252 g/mol. The van der Waals surface area contributed by atoms with Crippen LogP contribution in [0.1, 0.15) is 23.0 Å². The van der Waals surface area contributed by atoms with Crippen LogP contribution in [0.15, 0.2) is 34.3 Å². The van der Waals surface area contributed by atoms with Gasteiger partial charge in [0.05, 0.1) is 19.1 Å². The lowest BCUT2D eigenvalue weighted by atomic mass is 10.3. The molecular formula is C12H14N2O3S. The Labute approximate surface area is 109 Å². The molecule has 96 valence electrons. The van der Waals surface area contributed by atoms with Gasteiger partial charge in [-0.2, -0.15) is 0 Å². The van der Waals surface area contributed by atoms with E-state index in [1.54, 1.807) is 12.3 Å². The highest BCUT2D eigenvalue weighted by molar-refractivity contribution is 7.98. The van der Waals surface area contributed by atoms with E-state index in [9.17, 15) is 4.79 Å². The number of methoxy groups -OCH3 is 1. The van der Waals surface area contributed by atoms with Gasteiger partial charge in [-0.25, -0.2) is 9.78 Å². The minimum absolute atomic E-state index is 0.377. The molecule has 2 aromatic rings. The topological polar surface area (TPSA) is 57.3 Å². The Bertz CT molecular complexity index is 533. The first-order valence-corrected chi connectivity index (χ1v) is 6.53. The van der Waals surface area contributed by atoms with Gasteiger partial charge >= 0.3 is 5.97 Å². The second kappa shape index (κ2) is 5.77. The summed E-state index contributed by atoms with van der Waals surface area (Å²) >= 11 is 1.53. The van der Waals surface area contributed by atoms with Gasteiger partial charge in [0, 0.05) is 18.9 Å². The fraction of sp³-hybridized carbons (Fsp3) is 0.333. The van der Waals surface area contributed by atoms with Crippen LogP contribution in [0.4, 0.5) is 0 Å². The van der Waals surface area contributed by atoms with E-state index in [-0.39, 0.29) is 5.97 Å². The molecule has 0 radical (unpaired) electrons. The molecule has 0 aromatic carbocycles. The summed E-state index contributed by atoms with van der Waals surface area (Å²) in [4.78, 5) is 15.7. The summed E-state index contributed by atoms with van der Waals surface area (Å²) < 4.78 is 12.0. The third kappa shape index (κ3) is 2.59. The van der Waals surface area contributed by atoms with Crippen molar-refractivity contribution in [2.45, 2.75) is 24.4 Å². The van der Waals surface area contributed by atoms with E-state index in [1.807, 2.05) is 10.8 Å². The summed E-state index contributed by atoms with van der Waals surface area (Å²) in [5.41, 5.74) is 0.472. The first-order valence-electron chi connectivity index (χ1n) is 5.54. The third-order valence-electron chi connectivity index (χ3n) is 2.50. The molecule has 2 heterocycles. The first-order chi connectivity index (χ1) is 8.76. The molecule has 5 nitrogen and oxygen atoms in total. The Morgan fingerprint density at radius 3 is 3.17 bits per heavy atom. The van der Waals surface area contributed by atoms with E-state index < -0.39 is 0 Å². The number of hydrogen-bond acceptors (Lipinski definition) is 5. The summed E-state index contributed by atoms with van der Waals surface area (Å²) in [5, 5.41) is 0.907. The molecule has 0 unspecified atom stereocenters. The Hall–Kier alpha value is -1.69. The highest BCUT2D eigenvalue weighted by Gasteiger charge is 2.15. The van der Waals surface area contributed by atoms with E-state index in [4.69, 9.17) is 4.42 Å². The van der Waals surface area contributed by atoms with Gasteiger partial charge in [-0.15, -0.1) is 0 Å². The van der Waals surface area contributed by atoms with Crippen molar-refractivity contribution >= 4 is 17.7 Å². The van der Waals surface area contributed by atoms with E-state index in [1.165, 1.54) is 25.1 Å². The van der Waals surface area contributed by atoms with Crippen molar-refractivity contribution in [3.63, 3.8) is 0 Å². The number of aromatic nitrogens is 2. The van der Waals surface area contributed by atoms with Gasteiger partial charge in [-0.3, -0.25) is 0 Å². The van der Waals surface area contributed by atoms with E-state index in [0.717, 1.165) is 11.7 Å². The molecule has 0 spiro atoms. The van der Waals surface area contributed by atoms with E-state index in [0.29, 0.717) is 17.1 Å². The van der Waals surface area contributed by atoms with Crippen LogP contribution in [0, 0.1) is 0 Å². The fourth-order valence-electron chi connectivity index (χ4n) is 1.55. The van der Waals surface area contributed by atoms with Gasteiger partial charge in [0.15, 0.2) is 5.16 Å². The van der Waals surface area contributed by atoms with Crippen LogP contribution in [0.2, 0.25) is 0 Å². The molecule has 2 aromatic heterocycles. The molecule has 0 bridgehead atoms. The Balaban J connectivity index is 2.07. The molecule has 18 heavy (non-hydrogen) atoms. The van der Waals surface area contributed by atoms with Gasteiger partial charge in [-0.05, 0) is 13.0 Å². The largest absolute Gasteiger partial charge is 0.468 e. The smallest absolute Gasteiger partial charge is 0.341 e. The lowest BCUT2D eigenvalue weighted by Gasteiger charge is -2.03. The average molecular weight is 266 g/mol. The van der Waals surface area contributed by atoms with E-state index in [2.05, 4.69) is 16.6 Å². The molecule has 0 N–H and O–H groups in total. The molecule has 0 amide bonds. The molecule has 0 atom stereocenters. The Morgan fingerprint density at radius 2 is 2.44 bits per heavy atom. The molecule has 0 aliphatic heterocycles. The van der Waals surface area contributed by atoms with Crippen molar-refractivity contribution in [3.8, 4) is 0 Å². The number of carbonyl (C=O) groups is 1. The van der Waals surface area contributed by atoms with Crippen LogP contribution in [-0.4, -0.2) is 22.6 Å². The maximum atomic E-state index is 11.5. The summed E-state index contributed by atoms with van der Waals surface area (Å²) in [6.07, 6.45) is 5.18. The Kier molecular flexibility index (Phi) is 4.09. The van der Waals surface area contributed by atoms with Gasteiger partial charge in [0.25, 0.3) is 0 Å². The lowest BCUT2D eigenvalue weighted by molar-refractivity contribution is 0.0598. The minimum atomic E-state index is -0.377. The molecule has 0 fully saturated rings. The van der Waals surface area contributed by atoms with Crippen molar-refractivity contribution in [2.75, 3.05) is 7.11 Å². The number of furan rings is 1. The zero-order valence-electron chi connectivity index (χ0n) is 10.3. The van der Waals surface area contributed by atoms with Crippen LogP contribution < -0.4 is 0 Å². The monoisotopic (exact) mass is 266 g/mol. The number of nitrogens with zero attached hydrogens (tertiary/aromatic N) is 2. The molecule has 2 rings (SSSR count). The maximum Gasteiger partial charge on any atom is 0.341 e. The summed E-state index contributed by atoms with van der Waals surface area (Å²) in [6, 6.07) is 1.62. The SMILES string of the molecule is CCn1ccnc1SCc1occc1C(=O)OC. The number of imidazole rings is 1. The van der Waals surface area contributed by atoms with Gasteiger partial charge in [0.2, 0.25) is 0 Å². The van der Waals surface area contributed by atoms with Crippen LogP contribution in [0.25, 0.3) is 0 Å². The lowest BCUT2D eigenvalue weighted by Crippen LogP contribution is -2.02. The summed E-state index contributed by atoms with van der Waals surface area (Å²) in [5.74, 6) is 0.782. The predicted molar refractivity (Wildman–Crippen MR) is 67.5 cm³/mol. The van der Waals surface area contributed by atoms with Crippen LogP contribution >= 0.6 is 11.8 Å². The second-order valence-corrected chi connectivity index (χ2v) is 4.48. The van der Waals surface area contributed by atoms with Gasteiger partial charge in [0.1, 0.15) is 11.3 Å². The first kappa shape index (κ1) is 12.8. The van der Waals surface area contributed by atoms with Gasteiger partial charge < -0.3 is 13.7 Å². The maximum absolute atomic E-state index is 11.5. The quantitative estimate of drug-likeness (QED) is 0.615. The number of esters is 1. The molecule has 0 aliphatic rings. The number of thioether (sulfide) groups is 1. The highest BCUT2D eigenvalue weighted by atomic mass is 32.2. The standard InChI is InChI=1S/C12H14N2O3S/c1-3-14-6-5-13-12(14)18-8-10-9(4-7-17-10)11(15)16-2/h4-7H,3,8H2,1-2H3. The highest BCUT2D eigenvalue weighted by Crippen LogP contribution is 2.24. The van der Waals surface area contributed by atoms with Crippen molar-refractivity contribution in [2.24, 2.45) is 0 Å². The van der Waals surface area contributed by atoms with Gasteiger partial charge in [-0.1, -0.05) is 11.8 Å². The summed E-state index contributed by atoms with van der Waals surface area (Å²) in [6.45, 7) is 2.92. The fourth-order valence-corrected chi connectivity index (χ4v) is 2.53. The predicted octanol–water partition coefficient (Wildman–Crippen LogP) is 2.57. The summed E-state index contributed by atoms with van der Waals surface area (Å²) in [7, 11) is 1.36. The zero-order chi connectivity index (χ0) is 13.0. The van der Waals surface area contributed by atoms with Crippen molar-refractivity contribution in [1.29, 1.82) is 0 Å². The van der Waals surface area contributed by atoms with Crippen LogP contribution in [-0.2, 0) is 17.0 Å². The molecule has 0 aliphatic carbocycles. The number of rotatable bonds is 5. The second-order valence-electron chi connectivity index (χ2n) is 3.53. The van der Waals surface area contributed by atoms with Crippen molar-refractivity contribution in [3.05, 3.63) is 36.0 Å². The van der Waals surface area contributed by atoms with Crippen LogP contribution in [0.3, 0.4) is 0 Å². The number of hydrogen-bond donors (Lipinski definition) is 0. The average Bonchev–Trinajstić information content (AvgIpc) is 3.03. The zero-order valence-corrected chi connectivity index (χ0v) is 11.1. The van der Waals surface area contributed by atoms with Crippen LogP contribution in [0.5, 0.6) is 0 Å². The normalized spacial score (nSPS) is 10.6. The number of aryl methyl sites for hydroxylation is 1. The van der Waals surface area contributed by atoms with E-state index >= 15 is 0 Å². The minimum Gasteiger partial charge on any atom is -0.468 e. The van der Waals surface area contributed by atoms with Crippen molar-refractivity contribution < 1.29 is 13.9 Å². The molecule has 0 saturated heterocycles. The third-order valence-corrected chi connectivity index (χ3v) is 3.51. The number of carbonyl (C=O) groups excluding carboxylic acids is 1. The molecule has 0 saturated carbocycles. The van der Waals surface area contributed by atoms with Crippen molar-refractivity contribution in [1.82, 2.24) is 9.55 Å². The Morgan fingerprint density at radius 1 is 1.61 bits per heavy atom. The number of ether oxygens (including phenoxy) is 1. The molecule has 6 heteroatoms.